The van der Waals surface area contributed by atoms with Gasteiger partial charge in [0.2, 0.25) is 0 Å². The molecule has 0 radical (unpaired) electrons. The predicted molar refractivity (Wildman–Crippen MR) is 66.4 cm³/mol. The molecule has 17 heavy (non-hydrogen) atoms. The third kappa shape index (κ3) is 2.94. The highest BCUT2D eigenvalue weighted by Gasteiger charge is 1.98. The van der Waals surface area contributed by atoms with E-state index in [2.05, 4.69) is 22.5 Å². The molecule has 0 aliphatic rings. The zero-order valence-electron chi connectivity index (χ0n) is 9.93. The molecule has 0 atom stereocenters. The second kappa shape index (κ2) is 5.31. The van der Waals surface area contributed by atoms with E-state index in [1.54, 1.807) is 0 Å². The Morgan fingerprint density at radius 2 is 2.06 bits per heavy atom. The molecule has 2 aromatic rings. The highest BCUT2D eigenvalue weighted by molar-refractivity contribution is 5.31. The van der Waals surface area contributed by atoms with Gasteiger partial charge in [-0.2, -0.15) is 5.26 Å². The number of nitrogens with zero attached hydrogens (tertiary/aromatic N) is 3. The smallest absolute Gasteiger partial charge is 0.0991 e. The summed E-state index contributed by atoms with van der Waals surface area (Å²) in [5.41, 5.74) is 3.20. The normalized spacial score (nSPS) is 10.1. The fourth-order valence-electron chi connectivity index (χ4n) is 1.82. The molecule has 3 heteroatoms. The molecule has 1 aromatic carbocycles. The third-order valence-electron chi connectivity index (χ3n) is 2.87. The number of nitriles is 1. The van der Waals surface area contributed by atoms with Gasteiger partial charge in [0.15, 0.2) is 0 Å². The number of rotatable bonds is 4. The minimum absolute atomic E-state index is 0.721. The van der Waals surface area contributed by atoms with Crippen molar-refractivity contribution in [2.75, 3.05) is 0 Å². The molecule has 2 rings (SSSR count). The van der Waals surface area contributed by atoms with Gasteiger partial charge >= 0.3 is 0 Å². The van der Waals surface area contributed by atoms with Gasteiger partial charge in [-0.15, -0.1) is 0 Å². The lowest BCUT2D eigenvalue weighted by atomic mass is 10.1. The first-order valence-electron chi connectivity index (χ1n) is 5.75. The Morgan fingerprint density at radius 1 is 1.29 bits per heavy atom. The van der Waals surface area contributed by atoms with Gasteiger partial charge in [-0.3, -0.25) is 0 Å². The van der Waals surface area contributed by atoms with Gasteiger partial charge < -0.3 is 4.57 Å². The van der Waals surface area contributed by atoms with E-state index in [-0.39, 0.29) is 0 Å². The summed E-state index contributed by atoms with van der Waals surface area (Å²) in [5.74, 6) is 0. The van der Waals surface area contributed by atoms with E-state index in [0.29, 0.717) is 0 Å². The molecule has 0 N–H and O–H groups in total. The highest BCUT2D eigenvalue weighted by Crippen LogP contribution is 2.07. The van der Waals surface area contributed by atoms with Crippen LogP contribution in [-0.2, 0) is 13.0 Å². The highest BCUT2D eigenvalue weighted by atomic mass is 15.0. The van der Waals surface area contributed by atoms with Crippen LogP contribution in [0.5, 0.6) is 0 Å². The van der Waals surface area contributed by atoms with E-state index in [9.17, 15) is 0 Å². The molecule has 3 nitrogen and oxygen atoms in total. The topological polar surface area (TPSA) is 41.6 Å². The average molecular weight is 225 g/mol. The van der Waals surface area contributed by atoms with Crippen LogP contribution in [0.15, 0.2) is 36.8 Å². The summed E-state index contributed by atoms with van der Waals surface area (Å²) in [6.45, 7) is 3.06. The van der Waals surface area contributed by atoms with Crippen LogP contribution in [-0.4, -0.2) is 9.55 Å². The van der Waals surface area contributed by atoms with Crippen LogP contribution >= 0.6 is 0 Å². The van der Waals surface area contributed by atoms with Gasteiger partial charge in [0.05, 0.1) is 18.0 Å². The number of aryl methyl sites for hydroxylation is 3. The molecule has 0 spiro atoms. The van der Waals surface area contributed by atoms with Crippen LogP contribution in [0, 0.1) is 18.3 Å². The molecule has 1 heterocycles. The van der Waals surface area contributed by atoms with Crippen molar-refractivity contribution in [1.29, 1.82) is 5.26 Å². The minimum Gasteiger partial charge on any atom is -0.335 e. The predicted octanol–water partition coefficient (Wildman–Crippen LogP) is 2.70. The van der Waals surface area contributed by atoms with Crippen LogP contribution in [0.1, 0.15) is 23.2 Å². The van der Waals surface area contributed by atoms with E-state index in [1.807, 2.05) is 36.8 Å². The fourth-order valence-corrected chi connectivity index (χ4v) is 1.82. The van der Waals surface area contributed by atoms with E-state index < -0.39 is 0 Å². The maximum absolute atomic E-state index is 8.70. The third-order valence-corrected chi connectivity index (χ3v) is 2.87. The Hall–Kier alpha value is -2.08. The van der Waals surface area contributed by atoms with Crippen molar-refractivity contribution in [1.82, 2.24) is 9.55 Å². The lowest BCUT2D eigenvalue weighted by molar-refractivity contribution is 0.629. The zero-order chi connectivity index (χ0) is 12.1. The van der Waals surface area contributed by atoms with Crippen molar-refractivity contribution in [2.45, 2.75) is 26.3 Å². The molecule has 0 aliphatic carbocycles. The molecule has 0 amide bonds. The van der Waals surface area contributed by atoms with Crippen LogP contribution < -0.4 is 0 Å². The summed E-state index contributed by atoms with van der Waals surface area (Å²) in [6, 6.07) is 9.93. The van der Waals surface area contributed by atoms with Crippen molar-refractivity contribution in [2.24, 2.45) is 0 Å². The van der Waals surface area contributed by atoms with Crippen LogP contribution in [0.3, 0.4) is 0 Å². The summed E-state index contributed by atoms with van der Waals surface area (Å²) < 4.78 is 2.16. The average Bonchev–Trinajstić information content (AvgIpc) is 2.76. The SMILES string of the molecule is Cc1cncn1CCCc1ccc(C#N)cc1. The number of aromatic nitrogens is 2. The van der Waals surface area contributed by atoms with Gasteiger partial charge in [0, 0.05) is 18.4 Å². The summed E-state index contributed by atoms with van der Waals surface area (Å²) in [6.07, 6.45) is 5.86. The first-order chi connectivity index (χ1) is 8.29. The van der Waals surface area contributed by atoms with Crippen LogP contribution in [0.25, 0.3) is 0 Å². The van der Waals surface area contributed by atoms with Gasteiger partial charge in [-0.1, -0.05) is 12.1 Å². The molecule has 0 saturated heterocycles. The van der Waals surface area contributed by atoms with Gasteiger partial charge in [0.25, 0.3) is 0 Å². The molecule has 0 unspecified atom stereocenters. The van der Waals surface area contributed by atoms with Gasteiger partial charge in [-0.25, -0.2) is 4.98 Å². The lowest BCUT2D eigenvalue weighted by Crippen LogP contribution is -2.00. The van der Waals surface area contributed by atoms with Crippen molar-refractivity contribution in [3.8, 4) is 6.07 Å². The Bertz CT molecular complexity index is 517. The molecule has 0 aliphatic heterocycles. The van der Waals surface area contributed by atoms with Gasteiger partial charge in [0.1, 0.15) is 0 Å². The second-order valence-electron chi connectivity index (χ2n) is 4.14. The van der Waals surface area contributed by atoms with E-state index in [0.717, 1.165) is 24.9 Å². The molecule has 0 fully saturated rings. The Labute approximate surface area is 101 Å². The summed E-state index contributed by atoms with van der Waals surface area (Å²) in [5, 5.41) is 8.70. The number of hydrogen-bond donors (Lipinski definition) is 0. The maximum atomic E-state index is 8.70. The number of imidazole rings is 1. The fraction of sp³-hybridized carbons (Fsp3) is 0.286. The van der Waals surface area contributed by atoms with Crippen molar-refractivity contribution < 1.29 is 0 Å². The first-order valence-corrected chi connectivity index (χ1v) is 5.75. The first kappa shape index (κ1) is 11.4. The van der Waals surface area contributed by atoms with E-state index >= 15 is 0 Å². The maximum Gasteiger partial charge on any atom is 0.0991 e. The monoisotopic (exact) mass is 225 g/mol. The second-order valence-corrected chi connectivity index (χ2v) is 4.14. The van der Waals surface area contributed by atoms with Crippen molar-refractivity contribution in [3.05, 3.63) is 53.6 Å². The van der Waals surface area contributed by atoms with E-state index in [4.69, 9.17) is 5.26 Å². The van der Waals surface area contributed by atoms with Crippen molar-refractivity contribution in [3.63, 3.8) is 0 Å². The van der Waals surface area contributed by atoms with Gasteiger partial charge in [-0.05, 0) is 37.5 Å². The summed E-state index contributed by atoms with van der Waals surface area (Å²) >= 11 is 0. The van der Waals surface area contributed by atoms with Crippen LogP contribution in [0.4, 0.5) is 0 Å². The number of benzene rings is 1. The van der Waals surface area contributed by atoms with Crippen molar-refractivity contribution >= 4 is 0 Å². The largest absolute Gasteiger partial charge is 0.335 e. The molecule has 0 saturated carbocycles. The van der Waals surface area contributed by atoms with E-state index in [1.165, 1.54) is 11.3 Å². The molecule has 0 bridgehead atoms. The summed E-state index contributed by atoms with van der Waals surface area (Å²) in [4.78, 5) is 4.10. The molecule has 1 aromatic heterocycles. The van der Waals surface area contributed by atoms with Crippen LogP contribution in [0.2, 0.25) is 0 Å². The quantitative estimate of drug-likeness (QED) is 0.802. The molecular weight excluding hydrogens is 210 g/mol. The molecular formula is C14H15N3. The Morgan fingerprint density at radius 3 is 2.65 bits per heavy atom. The lowest BCUT2D eigenvalue weighted by Gasteiger charge is -2.05. The summed E-state index contributed by atoms with van der Waals surface area (Å²) in [7, 11) is 0. The molecule has 86 valence electrons. The Balaban J connectivity index is 1.86. The minimum atomic E-state index is 0.721. The zero-order valence-corrected chi connectivity index (χ0v) is 9.93. The number of hydrogen-bond acceptors (Lipinski definition) is 2. The standard InChI is InChI=1S/C14H15N3/c1-12-10-16-11-17(12)8-2-3-13-4-6-14(9-15)7-5-13/h4-7,10-11H,2-3,8H2,1H3. The Kier molecular flexibility index (Phi) is 3.56.